The predicted molar refractivity (Wildman–Crippen MR) is 78.2 cm³/mol. The Kier molecular flexibility index (Phi) is 3.92. The Morgan fingerprint density at radius 1 is 1.52 bits per heavy atom. The molecule has 0 aliphatic heterocycles. The first-order chi connectivity index (χ1) is 9.98. The smallest absolute Gasteiger partial charge is 0.323 e. The number of tetrazole rings is 1. The molecule has 1 heterocycles. The van der Waals surface area contributed by atoms with Gasteiger partial charge in [-0.25, -0.2) is 4.68 Å². The lowest BCUT2D eigenvalue weighted by Gasteiger charge is -2.29. The molecule has 7 nitrogen and oxygen atoms in total. The molecule has 8 heteroatoms. The van der Waals surface area contributed by atoms with Gasteiger partial charge in [0, 0.05) is 11.3 Å². The summed E-state index contributed by atoms with van der Waals surface area (Å²) in [5.74, 6) is -0.788. The van der Waals surface area contributed by atoms with Gasteiger partial charge in [0.1, 0.15) is 5.54 Å². The van der Waals surface area contributed by atoms with Gasteiger partial charge in [-0.1, -0.05) is 18.7 Å². The van der Waals surface area contributed by atoms with Crippen LogP contribution < -0.4 is 5.32 Å². The third-order valence-electron chi connectivity index (χ3n) is 3.93. The van der Waals surface area contributed by atoms with Gasteiger partial charge in [0.25, 0.3) is 0 Å². The molecule has 1 aromatic rings. The van der Waals surface area contributed by atoms with Crippen molar-refractivity contribution in [3.8, 4) is 0 Å². The maximum Gasteiger partial charge on any atom is 0.323 e. The zero-order valence-electron chi connectivity index (χ0n) is 12.3. The van der Waals surface area contributed by atoms with E-state index < -0.39 is 11.5 Å². The molecule has 2 aliphatic rings. The highest BCUT2D eigenvalue weighted by Gasteiger charge is 2.40. The highest BCUT2D eigenvalue weighted by Crippen LogP contribution is 2.38. The minimum Gasteiger partial charge on any atom is -0.480 e. The number of aliphatic carboxylic acids is 1. The molecule has 2 atom stereocenters. The van der Waals surface area contributed by atoms with Crippen LogP contribution in [-0.2, 0) is 4.79 Å². The van der Waals surface area contributed by atoms with Gasteiger partial charge in [-0.2, -0.15) is 0 Å². The second-order valence-corrected chi connectivity index (χ2v) is 7.73. The molecule has 0 amide bonds. The van der Waals surface area contributed by atoms with Crippen LogP contribution in [0.1, 0.15) is 52.0 Å². The van der Waals surface area contributed by atoms with Crippen LogP contribution >= 0.6 is 11.8 Å². The number of rotatable bonds is 8. The number of thioether (sulfide) groups is 1. The van der Waals surface area contributed by atoms with Gasteiger partial charge in [0.15, 0.2) is 0 Å². The van der Waals surface area contributed by atoms with E-state index in [9.17, 15) is 9.90 Å². The molecule has 116 valence electrons. The van der Waals surface area contributed by atoms with Gasteiger partial charge in [-0.3, -0.25) is 10.1 Å². The summed E-state index contributed by atoms with van der Waals surface area (Å²) in [5, 5.41) is 25.5. The van der Waals surface area contributed by atoms with Crippen LogP contribution in [0.5, 0.6) is 0 Å². The molecule has 0 bridgehead atoms. The summed E-state index contributed by atoms with van der Waals surface area (Å²) in [7, 11) is 0. The number of hydrogen-bond donors (Lipinski definition) is 2. The zero-order chi connectivity index (χ0) is 15.0. The topological polar surface area (TPSA) is 92.9 Å². The Balaban J connectivity index is 1.62. The first-order valence-electron chi connectivity index (χ1n) is 7.43. The number of carboxylic acids is 1. The van der Waals surface area contributed by atoms with Crippen molar-refractivity contribution in [1.29, 1.82) is 0 Å². The molecule has 2 aliphatic carbocycles. The summed E-state index contributed by atoms with van der Waals surface area (Å²) in [4.78, 5) is 11.6. The number of carbonyl (C=O) groups is 1. The van der Waals surface area contributed by atoms with Gasteiger partial charge < -0.3 is 5.11 Å². The summed E-state index contributed by atoms with van der Waals surface area (Å²) in [6, 6.07) is 0.797. The van der Waals surface area contributed by atoms with Crippen molar-refractivity contribution in [2.75, 3.05) is 0 Å². The number of carboxylic acid groups (broad SMARTS) is 1. The molecule has 0 saturated heterocycles. The Hall–Kier alpha value is -1.15. The fourth-order valence-corrected chi connectivity index (χ4v) is 3.65. The average molecular weight is 311 g/mol. The van der Waals surface area contributed by atoms with Gasteiger partial charge in [0.2, 0.25) is 5.16 Å². The first kappa shape index (κ1) is 14.8. The number of aromatic nitrogens is 4. The van der Waals surface area contributed by atoms with Gasteiger partial charge in [0.05, 0.1) is 6.04 Å². The molecule has 2 unspecified atom stereocenters. The molecule has 3 rings (SSSR count). The Labute approximate surface area is 127 Å². The van der Waals surface area contributed by atoms with Crippen molar-refractivity contribution in [3.05, 3.63) is 0 Å². The Morgan fingerprint density at radius 2 is 2.24 bits per heavy atom. The molecular weight excluding hydrogens is 290 g/mol. The minimum absolute atomic E-state index is 0.126. The monoisotopic (exact) mass is 311 g/mol. The Morgan fingerprint density at radius 3 is 2.81 bits per heavy atom. The van der Waals surface area contributed by atoms with Crippen molar-refractivity contribution in [2.24, 2.45) is 0 Å². The van der Waals surface area contributed by atoms with Crippen molar-refractivity contribution < 1.29 is 9.90 Å². The van der Waals surface area contributed by atoms with E-state index in [1.54, 1.807) is 18.7 Å². The van der Waals surface area contributed by atoms with E-state index in [4.69, 9.17) is 0 Å². The van der Waals surface area contributed by atoms with Gasteiger partial charge in [-0.05, 0) is 49.5 Å². The second kappa shape index (κ2) is 5.57. The van der Waals surface area contributed by atoms with Crippen molar-refractivity contribution >= 4 is 17.7 Å². The quantitative estimate of drug-likeness (QED) is 0.702. The highest BCUT2D eigenvalue weighted by molar-refractivity contribution is 7.99. The van der Waals surface area contributed by atoms with E-state index in [1.807, 2.05) is 11.6 Å². The van der Waals surface area contributed by atoms with E-state index >= 15 is 0 Å². The molecule has 2 fully saturated rings. The van der Waals surface area contributed by atoms with Gasteiger partial charge in [-0.15, -0.1) is 5.10 Å². The van der Waals surface area contributed by atoms with Crippen molar-refractivity contribution in [2.45, 2.75) is 74.0 Å². The molecule has 21 heavy (non-hydrogen) atoms. The lowest BCUT2D eigenvalue weighted by Crippen LogP contribution is -2.52. The summed E-state index contributed by atoms with van der Waals surface area (Å²) >= 11 is 1.56. The van der Waals surface area contributed by atoms with E-state index in [0.29, 0.717) is 18.5 Å². The normalized spacial score (nSPS) is 22.8. The highest BCUT2D eigenvalue weighted by atomic mass is 32.2. The third-order valence-corrected chi connectivity index (χ3v) is 4.98. The van der Waals surface area contributed by atoms with Crippen LogP contribution in [0.2, 0.25) is 0 Å². The molecule has 1 aromatic heterocycles. The second-order valence-electron chi connectivity index (χ2n) is 6.33. The lowest BCUT2D eigenvalue weighted by molar-refractivity contribution is -0.144. The maximum absolute atomic E-state index is 11.6. The van der Waals surface area contributed by atoms with E-state index in [2.05, 4.69) is 20.8 Å². The number of nitrogens with one attached hydrogen (secondary N) is 1. The largest absolute Gasteiger partial charge is 0.480 e. The molecule has 0 spiro atoms. The average Bonchev–Trinajstić information content (AvgIpc) is 3.32. The van der Waals surface area contributed by atoms with E-state index in [1.165, 1.54) is 0 Å². The molecule has 2 N–H and O–H groups in total. The standard InChI is InChI=1S/C13H21N5O2S/c1-8(7-13(2,11(19)20)14-9-3-4-9)21-12-15-16-17-18(12)10-5-6-10/h8-10,14H,3-7H2,1-2H3,(H,19,20). The lowest BCUT2D eigenvalue weighted by atomic mass is 9.96. The molecular formula is C13H21N5O2S. The zero-order valence-corrected chi connectivity index (χ0v) is 13.1. The summed E-state index contributed by atoms with van der Waals surface area (Å²) in [6.07, 6.45) is 4.95. The Bertz CT molecular complexity index is 528. The van der Waals surface area contributed by atoms with Crippen molar-refractivity contribution in [1.82, 2.24) is 25.5 Å². The summed E-state index contributed by atoms with van der Waals surface area (Å²) in [6.45, 7) is 3.81. The fourth-order valence-electron chi connectivity index (χ4n) is 2.49. The van der Waals surface area contributed by atoms with E-state index in [-0.39, 0.29) is 5.25 Å². The third kappa shape index (κ3) is 3.55. The predicted octanol–water partition coefficient (Wildman–Crippen LogP) is 1.47. The molecule has 2 saturated carbocycles. The SMILES string of the molecule is CC(CC(C)(NC1CC1)C(=O)O)Sc1nnnn1C1CC1. The number of nitrogens with zero attached hydrogens (tertiary/aromatic N) is 4. The fraction of sp³-hybridized carbons (Fsp3) is 0.846. The van der Waals surface area contributed by atoms with Crippen molar-refractivity contribution in [3.63, 3.8) is 0 Å². The van der Waals surface area contributed by atoms with Crippen LogP contribution in [-0.4, -0.2) is 48.1 Å². The summed E-state index contributed by atoms with van der Waals surface area (Å²) < 4.78 is 1.87. The summed E-state index contributed by atoms with van der Waals surface area (Å²) in [5.41, 5.74) is -0.883. The van der Waals surface area contributed by atoms with Crippen LogP contribution in [0.25, 0.3) is 0 Å². The van der Waals surface area contributed by atoms with Crippen LogP contribution in [0.4, 0.5) is 0 Å². The van der Waals surface area contributed by atoms with Crippen LogP contribution in [0, 0.1) is 0 Å². The first-order valence-corrected chi connectivity index (χ1v) is 8.31. The maximum atomic E-state index is 11.6. The van der Waals surface area contributed by atoms with Crippen LogP contribution in [0.3, 0.4) is 0 Å². The minimum atomic E-state index is -0.883. The van der Waals surface area contributed by atoms with Gasteiger partial charge >= 0.3 is 5.97 Å². The van der Waals surface area contributed by atoms with Crippen LogP contribution in [0.15, 0.2) is 5.16 Å². The molecule has 0 aromatic carbocycles. The van der Waals surface area contributed by atoms with E-state index in [0.717, 1.165) is 30.8 Å². The molecule has 0 radical (unpaired) electrons. The number of hydrogen-bond acceptors (Lipinski definition) is 6.